The fraction of sp³-hybridized carbons (Fsp3) is 0.923. The van der Waals surface area contributed by atoms with Gasteiger partial charge in [-0.15, -0.1) is 0 Å². The summed E-state index contributed by atoms with van der Waals surface area (Å²) in [4.78, 5) is 2.25. The van der Waals surface area contributed by atoms with Crippen LogP contribution in [0.4, 0.5) is 0 Å². The van der Waals surface area contributed by atoms with Gasteiger partial charge >= 0.3 is 0 Å². The molecule has 2 unspecified atom stereocenters. The van der Waals surface area contributed by atoms with Gasteiger partial charge in [-0.25, -0.2) is 0 Å². The third kappa shape index (κ3) is 2.08. The molecule has 0 aromatic rings. The van der Waals surface area contributed by atoms with E-state index in [1.165, 1.54) is 0 Å². The van der Waals surface area contributed by atoms with Gasteiger partial charge in [0.1, 0.15) is 0 Å². The molecule has 1 N–H and O–H groups in total. The molecule has 0 aliphatic carbocycles. The zero-order valence-electron chi connectivity index (χ0n) is 10.8. The topological polar surface area (TPSA) is 56.5 Å². The van der Waals surface area contributed by atoms with Crippen LogP contribution in [0.25, 0.3) is 0 Å². The molecule has 2 atom stereocenters. The van der Waals surface area contributed by atoms with Crippen molar-refractivity contribution in [3.8, 4) is 6.07 Å². The molecular formula is C13H22N2O2. The van der Waals surface area contributed by atoms with Crippen LogP contribution < -0.4 is 0 Å². The van der Waals surface area contributed by atoms with Crippen molar-refractivity contribution in [2.45, 2.75) is 44.2 Å². The zero-order valence-corrected chi connectivity index (χ0v) is 10.8. The second kappa shape index (κ2) is 4.56. The number of hydrogen-bond donors (Lipinski definition) is 1. The Morgan fingerprint density at radius 2 is 2.00 bits per heavy atom. The van der Waals surface area contributed by atoms with Gasteiger partial charge in [-0.05, 0) is 39.7 Å². The Balaban J connectivity index is 2.21. The molecule has 2 saturated heterocycles. The molecule has 17 heavy (non-hydrogen) atoms. The summed E-state index contributed by atoms with van der Waals surface area (Å²) in [5.41, 5.74) is -1.43. The summed E-state index contributed by atoms with van der Waals surface area (Å²) in [5, 5.41) is 20.5. The van der Waals surface area contributed by atoms with Crippen LogP contribution in [0.2, 0.25) is 0 Å². The molecule has 2 heterocycles. The first-order valence-electron chi connectivity index (χ1n) is 6.45. The predicted molar refractivity (Wildman–Crippen MR) is 64.4 cm³/mol. The van der Waals surface area contributed by atoms with Crippen LogP contribution in [0.5, 0.6) is 0 Å². The lowest BCUT2D eigenvalue weighted by atomic mass is 9.63. The highest BCUT2D eigenvalue weighted by Crippen LogP contribution is 2.47. The first-order valence-corrected chi connectivity index (χ1v) is 6.45. The van der Waals surface area contributed by atoms with Crippen LogP contribution in [0.3, 0.4) is 0 Å². The number of ether oxygens (including phenoxy) is 1. The molecule has 96 valence electrons. The molecule has 2 fully saturated rings. The van der Waals surface area contributed by atoms with Gasteiger partial charge in [0, 0.05) is 25.8 Å². The van der Waals surface area contributed by atoms with Crippen molar-refractivity contribution in [1.82, 2.24) is 4.90 Å². The second-order valence-electron chi connectivity index (χ2n) is 5.62. The Morgan fingerprint density at radius 1 is 1.35 bits per heavy atom. The van der Waals surface area contributed by atoms with E-state index in [1.54, 1.807) is 0 Å². The molecule has 0 saturated carbocycles. The second-order valence-corrected chi connectivity index (χ2v) is 5.62. The van der Waals surface area contributed by atoms with E-state index in [1.807, 2.05) is 0 Å². The molecule has 0 aromatic heterocycles. The highest BCUT2D eigenvalue weighted by atomic mass is 16.5. The van der Waals surface area contributed by atoms with Crippen LogP contribution >= 0.6 is 0 Å². The number of likely N-dealkylation sites (tertiary alicyclic amines) is 1. The molecular weight excluding hydrogens is 216 g/mol. The summed E-state index contributed by atoms with van der Waals surface area (Å²) in [6.07, 6.45) is 2.71. The highest BCUT2D eigenvalue weighted by molar-refractivity contribution is 5.14. The smallest absolute Gasteiger partial charge is 0.0904 e. The Bertz CT molecular complexity index is 320. The number of rotatable bonds is 1. The van der Waals surface area contributed by atoms with Gasteiger partial charge in [0.25, 0.3) is 0 Å². The van der Waals surface area contributed by atoms with E-state index in [0.29, 0.717) is 44.9 Å². The average Bonchev–Trinajstić information content (AvgIpc) is 2.35. The van der Waals surface area contributed by atoms with Crippen LogP contribution in [0.15, 0.2) is 0 Å². The normalized spacial score (nSPS) is 38.6. The van der Waals surface area contributed by atoms with Gasteiger partial charge in [0.05, 0.1) is 17.1 Å². The van der Waals surface area contributed by atoms with Crippen LogP contribution in [0, 0.1) is 16.7 Å². The van der Waals surface area contributed by atoms with E-state index in [4.69, 9.17) is 4.74 Å². The summed E-state index contributed by atoms with van der Waals surface area (Å²) >= 11 is 0. The summed E-state index contributed by atoms with van der Waals surface area (Å²) in [5.74, 6) is 0. The Hall–Kier alpha value is -0.630. The molecule has 0 amide bonds. The molecule has 4 nitrogen and oxygen atoms in total. The maximum atomic E-state index is 10.9. The summed E-state index contributed by atoms with van der Waals surface area (Å²) in [6.45, 7) is 4.18. The number of piperidine rings is 1. The molecule has 0 aromatic carbocycles. The van der Waals surface area contributed by atoms with Crippen molar-refractivity contribution in [1.29, 1.82) is 5.26 Å². The van der Waals surface area contributed by atoms with E-state index in [-0.39, 0.29) is 0 Å². The SMILES string of the molecule is CC1CC(O)(C2(C#N)CCOCC2)CCN1C. The van der Waals surface area contributed by atoms with Crippen molar-refractivity contribution < 1.29 is 9.84 Å². The lowest BCUT2D eigenvalue weighted by Gasteiger charge is -2.50. The molecule has 0 bridgehead atoms. The molecule has 0 spiro atoms. The fourth-order valence-corrected chi connectivity index (χ4v) is 3.16. The van der Waals surface area contributed by atoms with Gasteiger partial charge < -0.3 is 14.7 Å². The summed E-state index contributed by atoms with van der Waals surface area (Å²) in [6, 6.07) is 2.75. The van der Waals surface area contributed by atoms with Crippen molar-refractivity contribution in [2.24, 2.45) is 5.41 Å². The van der Waals surface area contributed by atoms with Crippen molar-refractivity contribution in [2.75, 3.05) is 26.8 Å². The Labute approximate surface area is 103 Å². The van der Waals surface area contributed by atoms with E-state index >= 15 is 0 Å². The van der Waals surface area contributed by atoms with Gasteiger partial charge in [-0.1, -0.05) is 0 Å². The number of aliphatic hydroxyl groups is 1. The van der Waals surface area contributed by atoms with E-state index < -0.39 is 11.0 Å². The van der Waals surface area contributed by atoms with Crippen LogP contribution in [0.1, 0.15) is 32.6 Å². The van der Waals surface area contributed by atoms with Crippen molar-refractivity contribution in [3.63, 3.8) is 0 Å². The fourth-order valence-electron chi connectivity index (χ4n) is 3.16. The number of nitrogens with zero attached hydrogens (tertiary/aromatic N) is 2. The maximum absolute atomic E-state index is 10.9. The third-order valence-corrected chi connectivity index (χ3v) is 4.71. The molecule has 2 aliphatic heterocycles. The standard InChI is InChI=1S/C13H22N2O2/c1-11-9-13(16,3-6-15(11)2)12(10-14)4-7-17-8-5-12/h11,16H,3-9H2,1-2H3. The van der Waals surface area contributed by atoms with Crippen LogP contribution in [-0.4, -0.2) is 48.5 Å². The highest BCUT2D eigenvalue weighted by Gasteiger charge is 2.53. The quantitative estimate of drug-likeness (QED) is 0.744. The van der Waals surface area contributed by atoms with E-state index in [2.05, 4.69) is 24.9 Å². The lowest BCUT2D eigenvalue weighted by Crippen LogP contribution is -2.58. The minimum absolute atomic E-state index is 0.335. The van der Waals surface area contributed by atoms with Crippen molar-refractivity contribution in [3.05, 3.63) is 0 Å². The average molecular weight is 238 g/mol. The minimum Gasteiger partial charge on any atom is -0.388 e. The molecule has 2 rings (SSSR count). The van der Waals surface area contributed by atoms with Gasteiger partial charge in [0.15, 0.2) is 0 Å². The van der Waals surface area contributed by atoms with E-state index in [9.17, 15) is 10.4 Å². The minimum atomic E-state index is -0.836. The first kappa shape index (κ1) is 12.8. The predicted octanol–water partition coefficient (Wildman–Crippen LogP) is 1.15. The molecule has 0 radical (unpaired) electrons. The summed E-state index contributed by atoms with van der Waals surface area (Å²) in [7, 11) is 2.08. The van der Waals surface area contributed by atoms with Gasteiger partial charge in [-0.3, -0.25) is 0 Å². The summed E-state index contributed by atoms with van der Waals surface area (Å²) < 4.78 is 5.34. The van der Waals surface area contributed by atoms with E-state index in [0.717, 1.165) is 6.54 Å². The Morgan fingerprint density at radius 3 is 2.53 bits per heavy atom. The first-order chi connectivity index (χ1) is 8.03. The third-order valence-electron chi connectivity index (χ3n) is 4.71. The number of hydrogen-bond acceptors (Lipinski definition) is 4. The largest absolute Gasteiger partial charge is 0.388 e. The molecule has 2 aliphatic rings. The maximum Gasteiger partial charge on any atom is 0.0904 e. The molecule has 4 heteroatoms. The van der Waals surface area contributed by atoms with Crippen molar-refractivity contribution >= 4 is 0 Å². The van der Waals surface area contributed by atoms with Crippen LogP contribution in [-0.2, 0) is 4.74 Å². The van der Waals surface area contributed by atoms with Gasteiger partial charge in [0.2, 0.25) is 0 Å². The zero-order chi connectivity index (χ0) is 12.5. The number of nitriles is 1. The lowest BCUT2D eigenvalue weighted by molar-refractivity contribution is -0.139. The monoisotopic (exact) mass is 238 g/mol. The van der Waals surface area contributed by atoms with Gasteiger partial charge in [-0.2, -0.15) is 5.26 Å². The Kier molecular flexibility index (Phi) is 3.44.